The van der Waals surface area contributed by atoms with E-state index >= 15 is 0 Å². The molecule has 0 aromatic carbocycles. The van der Waals surface area contributed by atoms with E-state index in [4.69, 9.17) is 4.74 Å². The highest BCUT2D eigenvalue weighted by Gasteiger charge is 2.20. The molecule has 1 heterocycles. The van der Waals surface area contributed by atoms with Crippen molar-refractivity contribution in [1.82, 2.24) is 0 Å². The lowest BCUT2D eigenvalue weighted by molar-refractivity contribution is 0.152. The molecule has 1 fully saturated rings. The van der Waals surface area contributed by atoms with Gasteiger partial charge in [-0.3, -0.25) is 0 Å². The van der Waals surface area contributed by atoms with Crippen molar-refractivity contribution in [3.05, 3.63) is 11.8 Å². The van der Waals surface area contributed by atoms with Gasteiger partial charge in [-0.2, -0.15) is 11.8 Å². The third-order valence-corrected chi connectivity index (χ3v) is 3.83. The van der Waals surface area contributed by atoms with Gasteiger partial charge < -0.3 is 4.74 Å². The Hall–Kier alpha value is -0.110. The molecule has 1 saturated heterocycles. The molecule has 2 atom stereocenters. The molecule has 0 saturated carbocycles. The quantitative estimate of drug-likeness (QED) is 0.644. The SMILES string of the molecule is CC(C)=COC(C)C1CCCCS1. The molecule has 0 bridgehead atoms. The van der Waals surface area contributed by atoms with E-state index in [-0.39, 0.29) is 0 Å². The van der Waals surface area contributed by atoms with Crippen molar-refractivity contribution in [2.45, 2.75) is 51.4 Å². The van der Waals surface area contributed by atoms with Gasteiger partial charge in [-0.1, -0.05) is 6.42 Å². The van der Waals surface area contributed by atoms with Gasteiger partial charge in [0.05, 0.1) is 6.26 Å². The molecule has 0 radical (unpaired) electrons. The lowest BCUT2D eigenvalue weighted by Crippen LogP contribution is -2.24. The van der Waals surface area contributed by atoms with Crippen molar-refractivity contribution in [3.8, 4) is 0 Å². The third-order valence-electron chi connectivity index (χ3n) is 2.26. The predicted molar refractivity (Wildman–Crippen MR) is 60.1 cm³/mol. The zero-order chi connectivity index (χ0) is 9.68. The molecule has 0 aromatic heterocycles. The number of ether oxygens (including phenoxy) is 1. The Morgan fingerprint density at radius 3 is 2.77 bits per heavy atom. The van der Waals surface area contributed by atoms with Crippen molar-refractivity contribution in [3.63, 3.8) is 0 Å². The fourth-order valence-corrected chi connectivity index (χ4v) is 2.81. The summed E-state index contributed by atoms with van der Waals surface area (Å²) in [6.45, 7) is 6.32. The van der Waals surface area contributed by atoms with Crippen LogP contribution in [-0.2, 0) is 4.74 Å². The van der Waals surface area contributed by atoms with Crippen molar-refractivity contribution < 1.29 is 4.74 Å². The zero-order valence-corrected chi connectivity index (χ0v) is 9.69. The van der Waals surface area contributed by atoms with Crippen LogP contribution in [0.25, 0.3) is 0 Å². The first kappa shape index (κ1) is 11.0. The first-order chi connectivity index (χ1) is 6.20. The molecule has 0 aliphatic carbocycles. The first-order valence-electron chi connectivity index (χ1n) is 5.10. The van der Waals surface area contributed by atoms with E-state index in [1.165, 1.54) is 30.6 Å². The van der Waals surface area contributed by atoms with Gasteiger partial charge in [-0.15, -0.1) is 0 Å². The molecule has 1 nitrogen and oxygen atoms in total. The summed E-state index contributed by atoms with van der Waals surface area (Å²) in [5.41, 5.74) is 1.24. The maximum absolute atomic E-state index is 5.66. The summed E-state index contributed by atoms with van der Waals surface area (Å²) in [5, 5.41) is 0.712. The Bertz CT molecular complexity index is 167. The molecule has 2 unspecified atom stereocenters. The normalized spacial score (nSPS) is 25.0. The molecule has 1 aliphatic rings. The van der Waals surface area contributed by atoms with Gasteiger partial charge in [0.2, 0.25) is 0 Å². The summed E-state index contributed by atoms with van der Waals surface area (Å²) in [6, 6.07) is 0. The average Bonchev–Trinajstić information content (AvgIpc) is 2.15. The molecular weight excluding hydrogens is 180 g/mol. The van der Waals surface area contributed by atoms with Crippen molar-refractivity contribution >= 4 is 11.8 Å². The highest BCUT2D eigenvalue weighted by molar-refractivity contribution is 8.00. The summed E-state index contributed by atoms with van der Waals surface area (Å²) >= 11 is 2.07. The van der Waals surface area contributed by atoms with Crippen LogP contribution in [0, 0.1) is 0 Å². The van der Waals surface area contributed by atoms with Gasteiger partial charge in [0.1, 0.15) is 6.10 Å². The highest BCUT2D eigenvalue weighted by Crippen LogP contribution is 2.28. The molecule has 0 spiro atoms. The van der Waals surface area contributed by atoms with Crippen molar-refractivity contribution in [2.75, 3.05) is 5.75 Å². The van der Waals surface area contributed by atoms with Gasteiger partial charge in [0, 0.05) is 5.25 Å². The second-order valence-corrected chi connectivity index (χ2v) is 5.29. The topological polar surface area (TPSA) is 9.23 Å². The molecule has 2 heteroatoms. The van der Waals surface area contributed by atoms with Crippen LogP contribution in [0.2, 0.25) is 0 Å². The van der Waals surface area contributed by atoms with Crippen LogP contribution in [0.4, 0.5) is 0 Å². The van der Waals surface area contributed by atoms with Crippen molar-refractivity contribution in [2.24, 2.45) is 0 Å². The summed E-state index contributed by atoms with van der Waals surface area (Å²) in [7, 11) is 0. The van der Waals surface area contributed by atoms with Crippen molar-refractivity contribution in [1.29, 1.82) is 0 Å². The minimum absolute atomic E-state index is 0.375. The smallest absolute Gasteiger partial charge is 0.107 e. The van der Waals surface area contributed by atoms with E-state index < -0.39 is 0 Å². The van der Waals surface area contributed by atoms with Gasteiger partial charge in [-0.05, 0) is 44.9 Å². The summed E-state index contributed by atoms with van der Waals surface area (Å²) < 4.78 is 5.66. The highest BCUT2D eigenvalue weighted by atomic mass is 32.2. The van der Waals surface area contributed by atoms with E-state index in [1.54, 1.807) is 0 Å². The molecule has 0 N–H and O–H groups in total. The molecule has 13 heavy (non-hydrogen) atoms. The standard InChI is InChI=1S/C11H20OS/c1-9(2)8-12-10(3)11-6-4-5-7-13-11/h8,10-11H,4-7H2,1-3H3. The van der Waals surface area contributed by atoms with Gasteiger partial charge in [0.25, 0.3) is 0 Å². The van der Waals surface area contributed by atoms with Gasteiger partial charge >= 0.3 is 0 Å². The van der Waals surface area contributed by atoms with E-state index in [0.717, 1.165) is 0 Å². The van der Waals surface area contributed by atoms with E-state index in [0.29, 0.717) is 11.4 Å². The fourth-order valence-electron chi connectivity index (χ4n) is 1.47. The molecule has 1 aliphatic heterocycles. The summed E-state index contributed by atoms with van der Waals surface area (Å²) in [5.74, 6) is 1.31. The van der Waals surface area contributed by atoms with Crippen LogP contribution in [0.3, 0.4) is 0 Å². The van der Waals surface area contributed by atoms with E-state index in [1.807, 2.05) is 6.26 Å². The largest absolute Gasteiger partial charge is 0.497 e. The fraction of sp³-hybridized carbons (Fsp3) is 0.818. The molecule has 0 amide bonds. The van der Waals surface area contributed by atoms with Crippen LogP contribution < -0.4 is 0 Å². The van der Waals surface area contributed by atoms with Gasteiger partial charge in [0.15, 0.2) is 0 Å². The Morgan fingerprint density at radius 1 is 1.46 bits per heavy atom. The lowest BCUT2D eigenvalue weighted by atomic mass is 10.1. The maximum Gasteiger partial charge on any atom is 0.107 e. The number of thioether (sulfide) groups is 1. The summed E-state index contributed by atoms with van der Waals surface area (Å²) in [6.07, 6.45) is 6.35. The Morgan fingerprint density at radius 2 is 2.23 bits per heavy atom. The average molecular weight is 200 g/mol. The number of rotatable bonds is 3. The molecule has 76 valence electrons. The second-order valence-electron chi connectivity index (χ2n) is 3.94. The Labute approximate surface area is 85.9 Å². The first-order valence-corrected chi connectivity index (χ1v) is 6.15. The number of hydrogen-bond donors (Lipinski definition) is 0. The molecule has 0 aromatic rings. The van der Waals surface area contributed by atoms with E-state index in [2.05, 4.69) is 32.5 Å². The summed E-state index contributed by atoms with van der Waals surface area (Å²) in [4.78, 5) is 0. The van der Waals surface area contributed by atoms with Crippen LogP contribution >= 0.6 is 11.8 Å². The lowest BCUT2D eigenvalue weighted by Gasteiger charge is -2.26. The minimum Gasteiger partial charge on any atom is -0.497 e. The zero-order valence-electron chi connectivity index (χ0n) is 8.88. The minimum atomic E-state index is 0.375. The number of allylic oxidation sites excluding steroid dienone is 1. The van der Waals surface area contributed by atoms with Gasteiger partial charge in [-0.25, -0.2) is 0 Å². The Kier molecular flexibility index (Phi) is 4.71. The number of hydrogen-bond acceptors (Lipinski definition) is 2. The molecular formula is C11H20OS. The third kappa shape index (κ3) is 4.08. The maximum atomic E-state index is 5.66. The predicted octanol–water partition coefficient (Wildman–Crippen LogP) is 3.60. The second kappa shape index (κ2) is 5.58. The monoisotopic (exact) mass is 200 g/mol. The van der Waals surface area contributed by atoms with E-state index in [9.17, 15) is 0 Å². The van der Waals surface area contributed by atoms with Crippen LogP contribution in [-0.4, -0.2) is 17.1 Å². The van der Waals surface area contributed by atoms with Crippen LogP contribution in [0.15, 0.2) is 11.8 Å². The van der Waals surface area contributed by atoms with Crippen LogP contribution in [0.1, 0.15) is 40.0 Å². The Balaban J connectivity index is 2.28. The van der Waals surface area contributed by atoms with Crippen LogP contribution in [0.5, 0.6) is 0 Å². The molecule has 1 rings (SSSR count).